The molecule has 0 atom stereocenters. The molecule has 0 saturated heterocycles. The molecule has 0 aliphatic heterocycles. The van der Waals surface area contributed by atoms with Crippen LogP contribution in [-0.2, 0) is 0 Å². The number of unbranched alkanes of at least 4 members (excludes halogenated alkanes) is 1. The Hall–Kier alpha value is -0.0400. The van der Waals surface area contributed by atoms with Crippen molar-refractivity contribution in [2.75, 3.05) is 19.6 Å². The van der Waals surface area contributed by atoms with Gasteiger partial charge in [-0.1, -0.05) is 26.2 Å². The molecule has 0 spiro atoms. The lowest BCUT2D eigenvalue weighted by atomic mass is 10.0. The third kappa shape index (κ3) is 6.78. The predicted molar refractivity (Wildman–Crippen MR) is 87.7 cm³/mol. The summed E-state index contributed by atoms with van der Waals surface area (Å²) in [6.07, 6.45) is 6.37. The van der Waals surface area contributed by atoms with Crippen molar-refractivity contribution >= 4 is 29.9 Å². The van der Waals surface area contributed by atoms with E-state index in [0.717, 1.165) is 51.2 Å². The van der Waals surface area contributed by atoms with E-state index in [-0.39, 0.29) is 24.0 Å². The fourth-order valence-corrected chi connectivity index (χ4v) is 2.14. The fourth-order valence-electron chi connectivity index (χ4n) is 2.14. The number of nitrogens with zero attached hydrogens (tertiary/aromatic N) is 1. The van der Waals surface area contributed by atoms with E-state index in [1.807, 2.05) is 0 Å². The summed E-state index contributed by atoms with van der Waals surface area (Å²) in [4.78, 5) is 4.48. The first-order valence-corrected chi connectivity index (χ1v) is 6.95. The molecule has 1 saturated carbocycles. The highest BCUT2D eigenvalue weighted by atomic mass is 127. The van der Waals surface area contributed by atoms with Crippen LogP contribution < -0.4 is 10.6 Å². The van der Waals surface area contributed by atoms with E-state index in [1.54, 1.807) is 0 Å². The van der Waals surface area contributed by atoms with Crippen LogP contribution in [0.25, 0.3) is 0 Å². The number of hydrogen-bond acceptors (Lipinski definition) is 2. The van der Waals surface area contributed by atoms with Gasteiger partial charge in [0.25, 0.3) is 0 Å². The number of aliphatic imine (C=N–C) groups is 1. The molecule has 0 aromatic carbocycles. The van der Waals surface area contributed by atoms with Crippen molar-refractivity contribution in [3.05, 3.63) is 0 Å². The molecule has 1 rings (SSSR count). The van der Waals surface area contributed by atoms with E-state index in [4.69, 9.17) is 0 Å². The van der Waals surface area contributed by atoms with Gasteiger partial charge in [-0.05, 0) is 26.2 Å². The lowest BCUT2D eigenvalue weighted by molar-refractivity contribution is 0.0574. The Kier molecular flexibility index (Phi) is 9.81. The minimum Gasteiger partial charge on any atom is -0.388 e. The molecule has 4 nitrogen and oxygen atoms in total. The molecule has 18 heavy (non-hydrogen) atoms. The van der Waals surface area contributed by atoms with Crippen LogP contribution in [0, 0.1) is 0 Å². The molecule has 0 unspecified atom stereocenters. The minimum absolute atomic E-state index is 0. The average Bonchev–Trinajstić information content (AvgIpc) is 2.74. The van der Waals surface area contributed by atoms with Crippen LogP contribution in [0.15, 0.2) is 4.99 Å². The molecule has 0 aromatic rings. The zero-order valence-corrected chi connectivity index (χ0v) is 14.0. The second-order valence-corrected chi connectivity index (χ2v) is 4.91. The first-order chi connectivity index (χ1) is 8.20. The molecule has 5 heteroatoms. The van der Waals surface area contributed by atoms with Gasteiger partial charge in [0.05, 0.1) is 12.1 Å². The topological polar surface area (TPSA) is 56.7 Å². The van der Waals surface area contributed by atoms with Gasteiger partial charge in [0.1, 0.15) is 0 Å². The molecule has 1 aliphatic carbocycles. The summed E-state index contributed by atoms with van der Waals surface area (Å²) in [5.74, 6) is 0.835. The minimum atomic E-state index is -0.549. The van der Waals surface area contributed by atoms with E-state index < -0.39 is 5.60 Å². The fraction of sp³-hybridized carbons (Fsp3) is 0.923. The van der Waals surface area contributed by atoms with Crippen molar-refractivity contribution in [2.24, 2.45) is 4.99 Å². The SMILES string of the molecule is CCCCNC(=NCC1(O)CCCC1)NCC.I. The van der Waals surface area contributed by atoms with Crippen LogP contribution in [0.1, 0.15) is 52.4 Å². The molecule has 0 radical (unpaired) electrons. The summed E-state index contributed by atoms with van der Waals surface area (Å²) in [6, 6.07) is 0. The Morgan fingerprint density at radius 2 is 1.89 bits per heavy atom. The van der Waals surface area contributed by atoms with Gasteiger partial charge >= 0.3 is 0 Å². The summed E-state index contributed by atoms with van der Waals surface area (Å²) in [5.41, 5.74) is -0.549. The zero-order chi connectivity index (χ0) is 12.6. The number of aliphatic hydroxyl groups is 1. The van der Waals surface area contributed by atoms with Crippen molar-refractivity contribution < 1.29 is 5.11 Å². The number of hydrogen-bond donors (Lipinski definition) is 3. The van der Waals surface area contributed by atoms with E-state index in [2.05, 4.69) is 29.5 Å². The van der Waals surface area contributed by atoms with Gasteiger partial charge in [-0.15, -0.1) is 24.0 Å². The van der Waals surface area contributed by atoms with Crippen molar-refractivity contribution in [3.8, 4) is 0 Å². The number of rotatable bonds is 6. The highest BCUT2D eigenvalue weighted by Gasteiger charge is 2.30. The highest BCUT2D eigenvalue weighted by Crippen LogP contribution is 2.29. The Bertz CT molecular complexity index is 240. The number of guanidine groups is 1. The van der Waals surface area contributed by atoms with Crippen LogP contribution in [0.4, 0.5) is 0 Å². The maximum Gasteiger partial charge on any atom is 0.191 e. The van der Waals surface area contributed by atoms with Crippen LogP contribution in [0.2, 0.25) is 0 Å². The van der Waals surface area contributed by atoms with Crippen molar-refractivity contribution in [1.29, 1.82) is 0 Å². The molecular formula is C13H28IN3O. The first-order valence-electron chi connectivity index (χ1n) is 6.95. The number of nitrogens with one attached hydrogen (secondary N) is 2. The van der Waals surface area contributed by atoms with Crippen LogP contribution in [0.3, 0.4) is 0 Å². The summed E-state index contributed by atoms with van der Waals surface area (Å²) >= 11 is 0. The molecule has 0 amide bonds. The highest BCUT2D eigenvalue weighted by molar-refractivity contribution is 14.0. The predicted octanol–water partition coefficient (Wildman–Crippen LogP) is 2.26. The summed E-state index contributed by atoms with van der Waals surface area (Å²) in [7, 11) is 0. The summed E-state index contributed by atoms with van der Waals surface area (Å²) in [6.45, 7) is 6.56. The standard InChI is InChI=1S/C13H27N3O.HI/c1-3-5-10-15-12(14-4-2)16-11-13(17)8-6-7-9-13;/h17H,3-11H2,1-2H3,(H2,14,15,16);1H. The van der Waals surface area contributed by atoms with E-state index in [9.17, 15) is 5.11 Å². The Balaban J connectivity index is 0.00000289. The van der Waals surface area contributed by atoms with Crippen molar-refractivity contribution in [2.45, 2.75) is 58.0 Å². The Labute approximate surface area is 128 Å². The quantitative estimate of drug-likeness (QED) is 0.291. The van der Waals surface area contributed by atoms with Crippen LogP contribution in [0.5, 0.6) is 0 Å². The van der Waals surface area contributed by atoms with Gasteiger partial charge in [-0.3, -0.25) is 4.99 Å². The van der Waals surface area contributed by atoms with E-state index >= 15 is 0 Å². The normalized spacial score (nSPS) is 18.3. The lowest BCUT2D eigenvalue weighted by Gasteiger charge is -2.20. The first kappa shape index (κ1) is 18.0. The largest absolute Gasteiger partial charge is 0.388 e. The molecule has 0 bridgehead atoms. The van der Waals surface area contributed by atoms with Crippen LogP contribution >= 0.6 is 24.0 Å². The van der Waals surface area contributed by atoms with Gasteiger partial charge < -0.3 is 15.7 Å². The molecule has 0 aromatic heterocycles. The maximum atomic E-state index is 10.2. The molecule has 108 valence electrons. The van der Waals surface area contributed by atoms with Gasteiger partial charge in [-0.25, -0.2) is 0 Å². The number of halogens is 1. The summed E-state index contributed by atoms with van der Waals surface area (Å²) < 4.78 is 0. The van der Waals surface area contributed by atoms with E-state index in [0.29, 0.717) is 6.54 Å². The zero-order valence-electron chi connectivity index (χ0n) is 11.7. The van der Waals surface area contributed by atoms with Gasteiger partial charge in [-0.2, -0.15) is 0 Å². The molecule has 0 heterocycles. The second kappa shape index (κ2) is 9.83. The Morgan fingerprint density at radius 1 is 1.22 bits per heavy atom. The van der Waals surface area contributed by atoms with Gasteiger partial charge in [0.2, 0.25) is 0 Å². The molecular weight excluding hydrogens is 341 g/mol. The Morgan fingerprint density at radius 3 is 2.44 bits per heavy atom. The smallest absolute Gasteiger partial charge is 0.191 e. The van der Waals surface area contributed by atoms with Gasteiger partial charge in [0, 0.05) is 13.1 Å². The van der Waals surface area contributed by atoms with E-state index in [1.165, 1.54) is 6.42 Å². The van der Waals surface area contributed by atoms with Gasteiger partial charge in [0.15, 0.2) is 5.96 Å². The van der Waals surface area contributed by atoms with Crippen LogP contribution in [-0.4, -0.2) is 36.3 Å². The molecule has 3 N–H and O–H groups in total. The molecule has 1 aliphatic rings. The summed E-state index contributed by atoms with van der Waals surface area (Å²) in [5, 5.41) is 16.7. The third-order valence-electron chi connectivity index (χ3n) is 3.23. The van der Waals surface area contributed by atoms with Crippen molar-refractivity contribution in [1.82, 2.24) is 10.6 Å². The second-order valence-electron chi connectivity index (χ2n) is 4.91. The average molecular weight is 369 g/mol. The maximum absolute atomic E-state index is 10.2. The molecule has 1 fully saturated rings. The van der Waals surface area contributed by atoms with Crippen molar-refractivity contribution in [3.63, 3.8) is 0 Å². The third-order valence-corrected chi connectivity index (χ3v) is 3.23. The monoisotopic (exact) mass is 369 g/mol. The lowest BCUT2D eigenvalue weighted by Crippen LogP contribution is -2.39.